The lowest BCUT2D eigenvalue weighted by atomic mass is 9.81. The highest BCUT2D eigenvalue weighted by Gasteiger charge is 2.36. The molecule has 3 aromatic rings. The van der Waals surface area contributed by atoms with E-state index < -0.39 is 0 Å². The van der Waals surface area contributed by atoms with E-state index in [1.165, 1.54) is 4.88 Å². The van der Waals surface area contributed by atoms with Crippen molar-refractivity contribution in [3.8, 4) is 0 Å². The number of carbonyl (C=O) groups excluding carboxylic acids is 1. The molecule has 5 rings (SSSR count). The minimum absolute atomic E-state index is 0.143. The van der Waals surface area contributed by atoms with Crippen LogP contribution < -0.4 is 10.6 Å². The number of anilines is 2. The van der Waals surface area contributed by atoms with Crippen molar-refractivity contribution < 1.29 is 4.79 Å². The van der Waals surface area contributed by atoms with Crippen LogP contribution in [0.15, 0.2) is 77.3 Å². The van der Waals surface area contributed by atoms with E-state index in [2.05, 4.69) is 75.0 Å². The first kappa shape index (κ1) is 17.9. The maximum absolute atomic E-state index is 13.4. The summed E-state index contributed by atoms with van der Waals surface area (Å²) in [5, 5.41) is 9.35. The first-order valence-corrected chi connectivity index (χ1v) is 11.3. The second-order valence-corrected chi connectivity index (χ2v) is 9.35. The van der Waals surface area contributed by atoms with Gasteiger partial charge in [0.25, 0.3) is 0 Å². The van der Waals surface area contributed by atoms with Crippen molar-refractivity contribution >= 4 is 51.1 Å². The molecule has 5 heteroatoms. The summed E-state index contributed by atoms with van der Waals surface area (Å²) in [5.41, 5.74) is 5.15. The second-order valence-electron chi connectivity index (χ2n) is 7.21. The summed E-state index contributed by atoms with van der Waals surface area (Å²) in [6.07, 6.45) is 1.43. The molecule has 1 aromatic heterocycles. The lowest BCUT2D eigenvalue weighted by Crippen LogP contribution is -2.27. The van der Waals surface area contributed by atoms with E-state index in [4.69, 9.17) is 0 Å². The van der Waals surface area contributed by atoms with Gasteiger partial charge in [-0.05, 0) is 64.2 Å². The van der Waals surface area contributed by atoms with Crippen molar-refractivity contribution in [2.24, 2.45) is 0 Å². The molecule has 1 aliphatic carbocycles. The fraction of sp³-hybridized carbons (Fsp3) is 0.174. The lowest BCUT2D eigenvalue weighted by molar-refractivity contribution is -0.116. The highest BCUT2D eigenvalue weighted by molar-refractivity contribution is 14.1. The third kappa shape index (κ3) is 3.16. The van der Waals surface area contributed by atoms with Crippen LogP contribution in [0.3, 0.4) is 0 Å². The van der Waals surface area contributed by atoms with Gasteiger partial charge in [-0.1, -0.05) is 36.4 Å². The molecule has 140 valence electrons. The smallest absolute Gasteiger partial charge is 0.163 e. The first-order valence-electron chi connectivity index (χ1n) is 9.37. The van der Waals surface area contributed by atoms with Crippen LogP contribution in [0.2, 0.25) is 0 Å². The summed E-state index contributed by atoms with van der Waals surface area (Å²) in [6.45, 7) is 0. The van der Waals surface area contributed by atoms with Crippen molar-refractivity contribution in [3.63, 3.8) is 0 Å². The Morgan fingerprint density at radius 3 is 2.50 bits per heavy atom. The van der Waals surface area contributed by atoms with Crippen LogP contribution in [-0.2, 0) is 4.79 Å². The number of ketones is 1. The number of hydrogen-bond acceptors (Lipinski definition) is 4. The Labute approximate surface area is 182 Å². The van der Waals surface area contributed by atoms with Crippen LogP contribution in [0.5, 0.6) is 0 Å². The van der Waals surface area contributed by atoms with Gasteiger partial charge in [-0.15, -0.1) is 11.3 Å². The van der Waals surface area contributed by atoms with E-state index in [-0.39, 0.29) is 17.7 Å². The van der Waals surface area contributed by atoms with Crippen molar-refractivity contribution in [1.29, 1.82) is 0 Å². The molecule has 2 heterocycles. The molecule has 1 aliphatic heterocycles. The molecular formula is C23H19IN2OS. The predicted octanol–water partition coefficient (Wildman–Crippen LogP) is 6.33. The van der Waals surface area contributed by atoms with Crippen LogP contribution in [0.25, 0.3) is 0 Å². The molecule has 0 spiro atoms. The average molecular weight is 498 g/mol. The van der Waals surface area contributed by atoms with E-state index in [0.717, 1.165) is 38.2 Å². The summed E-state index contributed by atoms with van der Waals surface area (Å²) in [4.78, 5) is 14.7. The molecule has 0 unspecified atom stereocenters. The number of halogens is 1. The summed E-state index contributed by atoms with van der Waals surface area (Å²) < 4.78 is 1.16. The summed E-state index contributed by atoms with van der Waals surface area (Å²) in [6, 6.07) is 20.6. The van der Waals surface area contributed by atoms with Crippen LogP contribution in [0.1, 0.15) is 35.2 Å². The van der Waals surface area contributed by atoms with Gasteiger partial charge in [-0.25, -0.2) is 0 Å². The van der Waals surface area contributed by atoms with Crippen molar-refractivity contribution in [3.05, 3.63) is 91.3 Å². The number of rotatable bonds is 2. The maximum atomic E-state index is 13.4. The molecule has 2 N–H and O–H groups in total. The van der Waals surface area contributed by atoms with Gasteiger partial charge in [-0.2, -0.15) is 0 Å². The van der Waals surface area contributed by atoms with Gasteiger partial charge < -0.3 is 10.6 Å². The molecule has 0 bridgehead atoms. The Kier molecular flexibility index (Phi) is 4.72. The molecule has 28 heavy (non-hydrogen) atoms. The third-order valence-corrected chi connectivity index (χ3v) is 7.49. The summed E-state index contributed by atoms with van der Waals surface area (Å²) in [7, 11) is 0. The number of hydrogen-bond donors (Lipinski definition) is 2. The lowest BCUT2D eigenvalue weighted by Gasteiger charge is -2.29. The number of thiophene rings is 1. The minimum Gasteiger partial charge on any atom is -0.372 e. The highest BCUT2D eigenvalue weighted by Crippen LogP contribution is 2.45. The van der Waals surface area contributed by atoms with Gasteiger partial charge >= 0.3 is 0 Å². The Hall–Kier alpha value is -2.12. The molecule has 0 radical (unpaired) electrons. The molecule has 0 fully saturated rings. The van der Waals surface area contributed by atoms with Gasteiger partial charge in [0.1, 0.15) is 0 Å². The topological polar surface area (TPSA) is 41.1 Å². The molecule has 0 amide bonds. The number of benzene rings is 2. The monoisotopic (exact) mass is 498 g/mol. The Morgan fingerprint density at radius 1 is 0.929 bits per heavy atom. The van der Waals surface area contributed by atoms with Gasteiger partial charge in [-0.3, -0.25) is 4.79 Å². The normalized spacial score (nSPS) is 21.2. The third-order valence-electron chi connectivity index (χ3n) is 5.47. The van der Waals surface area contributed by atoms with Crippen LogP contribution in [-0.4, -0.2) is 5.78 Å². The van der Waals surface area contributed by atoms with Crippen molar-refractivity contribution in [2.45, 2.75) is 24.8 Å². The van der Waals surface area contributed by atoms with E-state index in [1.807, 2.05) is 24.3 Å². The van der Waals surface area contributed by atoms with E-state index >= 15 is 0 Å². The Bertz CT molecular complexity index is 1070. The zero-order valence-corrected chi connectivity index (χ0v) is 18.1. The highest BCUT2D eigenvalue weighted by atomic mass is 127. The van der Waals surface area contributed by atoms with Gasteiger partial charge in [0.2, 0.25) is 0 Å². The largest absolute Gasteiger partial charge is 0.372 e. The van der Waals surface area contributed by atoms with Crippen LogP contribution >= 0.6 is 33.9 Å². The van der Waals surface area contributed by atoms with Gasteiger partial charge in [0.05, 0.1) is 17.4 Å². The number of fused-ring (bicyclic) bond motifs is 1. The summed E-state index contributed by atoms with van der Waals surface area (Å²) >= 11 is 4.11. The van der Waals surface area contributed by atoms with Gasteiger partial charge in [0.15, 0.2) is 5.78 Å². The molecule has 3 nitrogen and oxygen atoms in total. The fourth-order valence-electron chi connectivity index (χ4n) is 4.16. The van der Waals surface area contributed by atoms with E-state index in [0.29, 0.717) is 6.42 Å². The molecule has 2 atom stereocenters. The quantitative estimate of drug-likeness (QED) is 0.406. The zero-order chi connectivity index (χ0) is 19.1. The molecule has 2 aromatic carbocycles. The van der Waals surface area contributed by atoms with E-state index in [1.54, 1.807) is 11.3 Å². The first-order chi connectivity index (χ1) is 13.7. The zero-order valence-electron chi connectivity index (χ0n) is 15.1. The minimum atomic E-state index is -0.143. The Morgan fingerprint density at radius 2 is 1.71 bits per heavy atom. The molecule has 0 saturated heterocycles. The SMILES string of the molecule is O=C1C[C@@H](c2cccs2)CC2=C1[C@@H](c1ccccc1I)Nc1ccccc1N2. The Balaban J connectivity index is 1.65. The molecular weight excluding hydrogens is 479 g/mol. The average Bonchev–Trinajstić information content (AvgIpc) is 3.17. The number of carbonyl (C=O) groups is 1. The predicted molar refractivity (Wildman–Crippen MR) is 124 cm³/mol. The number of allylic oxidation sites excluding steroid dienone is 1. The maximum Gasteiger partial charge on any atom is 0.163 e. The van der Waals surface area contributed by atoms with Crippen LogP contribution in [0, 0.1) is 3.57 Å². The molecule has 0 saturated carbocycles. The van der Waals surface area contributed by atoms with Crippen LogP contribution in [0.4, 0.5) is 11.4 Å². The second kappa shape index (κ2) is 7.37. The van der Waals surface area contributed by atoms with Gasteiger partial charge in [0, 0.05) is 32.1 Å². The van der Waals surface area contributed by atoms with Crippen molar-refractivity contribution in [1.82, 2.24) is 0 Å². The molecule has 2 aliphatic rings. The number of nitrogens with one attached hydrogen (secondary N) is 2. The standard InChI is InChI=1S/C23H19IN2OS/c24-16-7-2-1-6-15(16)23-22-19(25-17-8-3-4-9-18(17)26-23)12-14(13-20(22)27)21-10-5-11-28-21/h1-11,14,23,25-26H,12-13H2/t14-,23+/m0/s1. The van der Waals surface area contributed by atoms with E-state index in [9.17, 15) is 4.79 Å². The number of para-hydroxylation sites is 2. The summed E-state index contributed by atoms with van der Waals surface area (Å²) in [5.74, 6) is 0.483. The number of Topliss-reactive ketones (excluding diaryl/α,β-unsaturated/α-hetero) is 1. The van der Waals surface area contributed by atoms with Crippen molar-refractivity contribution in [2.75, 3.05) is 10.6 Å². The fourth-order valence-corrected chi connectivity index (χ4v) is 5.69.